The normalized spacial score (nSPS) is 17.2. The lowest BCUT2D eigenvalue weighted by molar-refractivity contribution is -0.148. The molecule has 1 aromatic carbocycles. The van der Waals surface area contributed by atoms with E-state index >= 15 is 0 Å². The molecule has 3 heterocycles. The molecule has 0 aliphatic carbocycles. The third-order valence-electron chi connectivity index (χ3n) is 4.57. The van der Waals surface area contributed by atoms with Gasteiger partial charge in [-0.25, -0.2) is 4.98 Å². The minimum Gasteiger partial charge on any atom is -0.468 e. The summed E-state index contributed by atoms with van der Waals surface area (Å²) in [7, 11) is 1.41. The predicted molar refractivity (Wildman–Crippen MR) is 97.1 cm³/mol. The summed E-state index contributed by atoms with van der Waals surface area (Å²) in [4.78, 5) is 31.3. The van der Waals surface area contributed by atoms with Crippen LogP contribution in [0, 0.1) is 6.92 Å². The van der Waals surface area contributed by atoms with Crippen LogP contribution in [0.2, 0.25) is 0 Å². The highest BCUT2D eigenvalue weighted by Gasteiger charge is 2.32. The zero-order valence-corrected chi connectivity index (χ0v) is 15.3. The maximum Gasteiger partial charge on any atom is 0.323 e. The quantitative estimate of drug-likeness (QED) is 0.651. The van der Waals surface area contributed by atoms with Crippen LogP contribution < -0.4 is 5.56 Å². The number of fused-ring (bicyclic) bond motifs is 2. The van der Waals surface area contributed by atoms with Crippen LogP contribution in [0.1, 0.15) is 21.8 Å². The maximum absolute atomic E-state index is 12.3. The van der Waals surface area contributed by atoms with E-state index in [0.29, 0.717) is 30.2 Å². The van der Waals surface area contributed by atoms with Crippen LogP contribution in [-0.4, -0.2) is 38.6 Å². The van der Waals surface area contributed by atoms with Gasteiger partial charge >= 0.3 is 5.97 Å². The summed E-state index contributed by atoms with van der Waals surface area (Å²) in [5.74, 6) is -0.258. The molecule has 0 N–H and O–H groups in total. The van der Waals surface area contributed by atoms with Crippen molar-refractivity contribution in [3.63, 3.8) is 0 Å². The zero-order chi connectivity index (χ0) is 18.3. The van der Waals surface area contributed by atoms with Gasteiger partial charge in [0.15, 0.2) is 0 Å². The van der Waals surface area contributed by atoms with Crippen molar-refractivity contribution in [2.45, 2.75) is 32.5 Å². The predicted octanol–water partition coefficient (Wildman–Crippen LogP) is 1.56. The number of ether oxygens (including phenoxy) is 1. The van der Waals surface area contributed by atoms with E-state index in [4.69, 9.17) is 4.74 Å². The molecule has 2 aromatic heterocycles. The number of benzene rings is 1. The average Bonchev–Trinajstić information content (AvgIpc) is 3.03. The molecule has 0 amide bonds. The van der Waals surface area contributed by atoms with Gasteiger partial charge in [-0.3, -0.25) is 14.5 Å². The molecule has 0 spiro atoms. The molecule has 3 aromatic rings. The Balaban J connectivity index is 1.68. The number of methoxy groups -OCH3 is 1. The first-order chi connectivity index (χ1) is 12.5. The van der Waals surface area contributed by atoms with E-state index < -0.39 is 0 Å². The van der Waals surface area contributed by atoms with Gasteiger partial charge in [-0.1, -0.05) is 35.6 Å². The first-order valence-corrected chi connectivity index (χ1v) is 9.12. The fourth-order valence-electron chi connectivity index (χ4n) is 3.31. The van der Waals surface area contributed by atoms with Crippen LogP contribution in [0.15, 0.2) is 35.1 Å². The molecule has 0 unspecified atom stereocenters. The van der Waals surface area contributed by atoms with Gasteiger partial charge in [-0.05, 0) is 24.5 Å². The summed E-state index contributed by atoms with van der Waals surface area (Å²) in [6, 6.07) is 9.20. The summed E-state index contributed by atoms with van der Waals surface area (Å²) in [5, 5.41) is 5.13. The van der Waals surface area contributed by atoms with Crippen molar-refractivity contribution in [3.05, 3.63) is 62.5 Å². The number of aromatic nitrogens is 3. The molecule has 134 valence electrons. The highest BCUT2D eigenvalue weighted by atomic mass is 32.1. The minimum atomic E-state index is -0.367. The van der Waals surface area contributed by atoms with E-state index in [-0.39, 0.29) is 17.6 Å². The third-order valence-corrected chi connectivity index (χ3v) is 5.47. The Labute approximate surface area is 153 Å². The fourth-order valence-corrected chi connectivity index (χ4v) is 4.28. The number of carbonyl (C=O) groups excluding carboxylic acids is 1. The summed E-state index contributed by atoms with van der Waals surface area (Å²) >= 11 is 1.37. The Hall–Kier alpha value is -2.58. The SMILES string of the molecule is COC(=O)[C@@H]1Cc2ccccc2CN1Cc1nn2c(=O)cc(C)nc2s1. The van der Waals surface area contributed by atoms with Crippen LogP contribution in [-0.2, 0) is 29.0 Å². The number of rotatable bonds is 3. The number of carbonyl (C=O) groups is 1. The molecule has 4 rings (SSSR count). The van der Waals surface area contributed by atoms with E-state index in [1.165, 1.54) is 34.6 Å². The van der Waals surface area contributed by atoms with Crippen molar-refractivity contribution < 1.29 is 9.53 Å². The highest BCUT2D eigenvalue weighted by Crippen LogP contribution is 2.26. The summed E-state index contributed by atoms with van der Waals surface area (Å²) in [6.07, 6.45) is 0.602. The number of esters is 1. The Morgan fingerprint density at radius 2 is 2.12 bits per heavy atom. The molecule has 0 fully saturated rings. The molecule has 26 heavy (non-hydrogen) atoms. The number of hydrogen-bond acceptors (Lipinski definition) is 7. The molecule has 7 nitrogen and oxygen atoms in total. The van der Waals surface area contributed by atoms with Crippen molar-refractivity contribution in [2.75, 3.05) is 7.11 Å². The molecule has 0 saturated heterocycles. The third kappa shape index (κ3) is 3.02. The molecule has 1 atom stereocenters. The van der Waals surface area contributed by atoms with Gasteiger partial charge in [0, 0.05) is 18.3 Å². The lowest BCUT2D eigenvalue weighted by Gasteiger charge is -2.34. The monoisotopic (exact) mass is 370 g/mol. The molecule has 1 aliphatic heterocycles. The van der Waals surface area contributed by atoms with Crippen molar-refractivity contribution in [2.24, 2.45) is 0 Å². The van der Waals surface area contributed by atoms with Gasteiger partial charge in [0.1, 0.15) is 11.0 Å². The van der Waals surface area contributed by atoms with E-state index in [9.17, 15) is 9.59 Å². The van der Waals surface area contributed by atoms with E-state index in [0.717, 1.165) is 10.6 Å². The summed E-state index contributed by atoms with van der Waals surface area (Å²) < 4.78 is 6.32. The minimum absolute atomic E-state index is 0.191. The zero-order valence-electron chi connectivity index (χ0n) is 14.5. The molecule has 0 saturated carbocycles. The summed E-state index contributed by atoms with van der Waals surface area (Å²) in [6.45, 7) is 2.88. The molecular weight excluding hydrogens is 352 g/mol. The fraction of sp³-hybridized carbons (Fsp3) is 0.333. The van der Waals surface area contributed by atoms with Gasteiger partial charge in [0.25, 0.3) is 5.56 Å². The van der Waals surface area contributed by atoms with Gasteiger partial charge < -0.3 is 4.74 Å². The lowest BCUT2D eigenvalue weighted by Crippen LogP contribution is -2.45. The largest absolute Gasteiger partial charge is 0.468 e. The van der Waals surface area contributed by atoms with Crippen LogP contribution >= 0.6 is 11.3 Å². The van der Waals surface area contributed by atoms with Crippen molar-refractivity contribution in [1.29, 1.82) is 0 Å². The van der Waals surface area contributed by atoms with Gasteiger partial charge in [-0.2, -0.15) is 9.61 Å². The average molecular weight is 370 g/mol. The van der Waals surface area contributed by atoms with Crippen molar-refractivity contribution in [1.82, 2.24) is 19.5 Å². The van der Waals surface area contributed by atoms with Gasteiger partial charge in [-0.15, -0.1) is 0 Å². The lowest BCUT2D eigenvalue weighted by atomic mass is 9.94. The first kappa shape index (κ1) is 16.9. The highest BCUT2D eigenvalue weighted by molar-refractivity contribution is 7.16. The van der Waals surface area contributed by atoms with Gasteiger partial charge in [0.2, 0.25) is 4.96 Å². The van der Waals surface area contributed by atoms with E-state index in [1.54, 1.807) is 6.92 Å². The Morgan fingerprint density at radius 1 is 1.35 bits per heavy atom. The number of nitrogens with zero attached hydrogens (tertiary/aromatic N) is 4. The van der Waals surface area contributed by atoms with Crippen molar-refractivity contribution >= 4 is 22.3 Å². The Kier molecular flexibility index (Phi) is 4.29. The van der Waals surface area contributed by atoms with Gasteiger partial charge in [0.05, 0.1) is 13.7 Å². The van der Waals surface area contributed by atoms with E-state index in [2.05, 4.69) is 16.1 Å². The van der Waals surface area contributed by atoms with Crippen LogP contribution in [0.25, 0.3) is 4.96 Å². The molecule has 0 bridgehead atoms. The molecule has 0 radical (unpaired) electrons. The second-order valence-electron chi connectivity index (χ2n) is 6.34. The van der Waals surface area contributed by atoms with E-state index in [1.807, 2.05) is 23.1 Å². The standard InChI is InChI=1S/C18H18N4O3S/c1-11-7-16(23)22-18(19-11)26-15(20-22)10-21-9-13-6-4-3-5-12(13)8-14(21)17(24)25-2/h3-7,14H,8-10H2,1-2H3/t14-/m0/s1. The second-order valence-corrected chi connectivity index (χ2v) is 7.38. The Morgan fingerprint density at radius 3 is 2.88 bits per heavy atom. The first-order valence-electron chi connectivity index (χ1n) is 8.30. The topological polar surface area (TPSA) is 76.8 Å². The van der Waals surface area contributed by atoms with Crippen LogP contribution in [0.4, 0.5) is 0 Å². The number of hydrogen-bond donors (Lipinski definition) is 0. The smallest absolute Gasteiger partial charge is 0.323 e. The maximum atomic E-state index is 12.3. The van der Waals surface area contributed by atoms with Crippen molar-refractivity contribution in [3.8, 4) is 0 Å². The summed E-state index contributed by atoms with van der Waals surface area (Å²) in [5.41, 5.74) is 2.84. The van der Waals surface area contributed by atoms with Crippen LogP contribution in [0.5, 0.6) is 0 Å². The molecule has 8 heteroatoms. The number of aryl methyl sites for hydroxylation is 1. The Bertz CT molecular complexity index is 1040. The second kappa shape index (κ2) is 6.62. The van der Waals surface area contributed by atoms with Crippen LogP contribution in [0.3, 0.4) is 0 Å². The molecule has 1 aliphatic rings. The molecular formula is C18H18N4O3S.